The zero-order valence-electron chi connectivity index (χ0n) is 11.8. The Labute approximate surface area is 124 Å². The van der Waals surface area contributed by atoms with Gasteiger partial charge in [-0.05, 0) is 22.3 Å². The first-order valence-electron chi connectivity index (χ1n) is 6.28. The Bertz CT molecular complexity index is 763. The van der Waals surface area contributed by atoms with E-state index in [4.69, 9.17) is 0 Å². The second-order valence-electron chi connectivity index (χ2n) is 4.71. The molecule has 0 atom stereocenters. The number of aryl methyl sites for hydroxylation is 2. The van der Waals surface area contributed by atoms with Gasteiger partial charge in [0, 0.05) is 11.9 Å². The maximum absolute atomic E-state index is 12.3. The average Bonchev–Trinajstić information content (AvgIpc) is 2.79. The van der Waals surface area contributed by atoms with Gasteiger partial charge < -0.3 is 20.2 Å². The summed E-state index contributed by atoms with van der Waals surface area (Å²) >= 11 is 0. The van der Waals surface area contributed by atoms with Crippen molar-refractivity contribution in [1.29, 1.82) is 0 Å². The van der Waals surface area contributed by atoms with Crippen LogP contribution in [0.2, 0.25) is 0 Å². The van der Waals surface area contributed by atoms with E-state index >= 15 is 0 Å². The molecule has 9 heteroatoms. The van der Waals surface area contributed by atoms with Gasteiger partial charge in [-0.1, -0.05) is 29.8 Å². The van der Waals surface area contributed by atoms with Crippen LogP contribution in [-0.4, -0.2) is 25.3 Å². The summed E-state index contributed by atoms with van der Waals surface area (Å²) in [7, 11) is 0. The summed E-state index contributed by atoms with van der Waals surface area (Å²) in [4.78, 5) is 35.7. The molecular formula is C13H12N4O5. The normalized spacial score (nSPS) is 10.5. The number of aromatic nitrogens is 2. The SMILES string of the molecule is Cc1ccc(CC(=O)n2c(C)nc([N+](=O)[O-])c2[N+](=O)[O-])cc1. The van der Waals surface area contributed by atoms with Gasteiger partial charge in [-0.15, -0.1) is 4.57 Å². The molecule has 0 spiro atoms. The molecule has 0 saturated carbocycles. The molecule has 0 bridgehead atoms. The third-order valence-electron chi connectivity index (χ3n) is 3.07. The number of nitro groups is 2. The van der Waals surface area contributed by atoms with Crippen molar-refractivity contribution in [2.24, 2.45) is 0 Å². The minimum Gasteiger partial charge on any atom is -0.358 e. The second kappa shape index (κ2) is 5.72. The van der Waals surface area contributed by atoms with Crippen LogP contribution in [0, 0.1) is 34.1 Å². The van der Waals surface area contributed by atoms with Crippen molar-refractivity contribution >= 4 is 17.5 Å². The number of imidazole rings is 1. The molecule has 0 aliphatic carbocycles. The van der Waals surface area contributed by atoms with Gasteiger partial charge in [0.2, 0.25) is 0 Å². The largest absolute Gasteiger partial charge is 0.463 e. The van der Waals surface area contributed by atoms with E-state index in [1.165, 1.54) is 6.92 Å². The van der Waals surface area contributed by atoms with Gasteiger partial charge in [-0.25, -0.2) is 4.79 Å². The monoisotopic (exact) mass is 304 g/mol. The van der Waals surface area contributed by atoms with Crippen molar-refractivity contribution in [3.8, 4) is 0 Å². The highest BCUT2D eigenvalue weighted by Crippen LogP contribution is 2.27. The number of carbonyl (C=O) groups excluding carboxylic acids is 1. The topological polar surface area (TPSA) is 121 Å². The van der Waals surface area contributed by atoms with E-state index in [1.54, 1.807) is 24.3 Å². The fraction of sp³-hybridized carbons (Fsp3) is 0.231. The van der Waals surface area contributed by atoms with Crippen LogP contribution in [0.15, 0.2) is 24.3 Å². The van der Waals surface area contributed by atoms with Gasteiger partial charge in [0.25, 0.3) is 0 Å². The lowest BCUT2D eigenvalue weighted by Crippen LogP contribution is -2.17. The molecule has 0 unspecified atom stereocenters. The molecule has 0 amide bonds. The maximum atomic E-state index is 12.3. The van der Waals surface area contributed by atoms with E-state index in [9.17, 15) is 25.0 Å². The van der Waals surface area contributed by atoms with Gasteiger partial charge in [0.15, 0.2) is 0 Å². The van der Waals surface area contributed by atoms with Crippen LogP contribution < -0.4 is 0 Å². The molecule has 9 nitrogen and oxygen atoms in total. The summed E-state index contributed by atoms with van der Waals surface area (Å²) in [6, 6.07) is 7.06. The van der Waals surface area contributed by atoms with Crippen molar-refractivity contribution in [1.82, 2.24) is 9.55 Å². The van der Waals surface area contributed by atoms with Crippen LogP contribution in [0.3, 0.4) is 0 Å². The number of hydrogen-bond donors (Lipinski definition) is 0. The number of hydrogen-bond acceptors (Lipinski definition) is 6. The number of nitrogens with zero attached hydrogens (tertiary/aromatic N) is 4. The fourth-order valence-corrected chi connectivity index (χ4v) is 2.05. The molecule has 1 aromatic heterocycles. The van der Waals surface area contributed by atoms with Gasteiger partial charge in [-0.3, -0.25) is 0 Å². The van der Waals surface area contributed by atoms with Crippen LogP contribution in [0.1, 0.15) is 21.7 Å². The van der Waals surface area contributed by atoms with Crippen molar-refractivity contribution in [2.75, 3.05) is 0 Å². The lowest BCUT2D eigenvalue weighted by atomic mass is 10.1. The standard InChI is InChI=1S/C13H12N4O5/c1-8-3-5-10(6-4-8)7-11(18)15-9(2)14-12(16(19)20)13(15)17(21)22/h3-6H,7H2,1-2H3. The molecule has 1 heterocycles. The molecule has 114 valence electrons. The first-order valence-corrected chi connectivity index (χ1v) is 6.28. The molecule has 2 aromatic rings. The number of benzene rings is 1. The summed E-state index contributed by atoms with van der Waals surface area (Å²) in [5.74, 6) is -2.58. The summed E-state index contributed by atoms with van der Waals surface area (Å²) < 4.78 is 0.679. The van der Waals surface area contributed by atoms with Crippen LogP contribution in [0.5, 0.6) is 0 Å². The Hall–Kier alpha value is -3.10. The van der Waals surface area contributed by atoms with Gasteiger partial charge in [0.1, 0.15) is 0 Å². The van der Waals surface area contributed by atoms with E-state index in [2.05, 4.69) is 4.98 Å². The van der Waals surface area contributed by atoms with Crippen molar-refractivity contribution in [3.05, 3.63) is 61.4 Å². The summed E-state index contributed by atoms with van der Waals surface area (Å²) in [6.07, 6.45) is -0.116. The molecular weight excluding hydrogens is 292 g/mol. The molecule has 22 heavy (non-hydrogen) atoms. The van der Waals surface area contributed by atoms with Gasteiger partial charge >= 0.3 is 23.4 Å². The predicted molar refractivity (Wildman–Crippen MR) is 75.8 cm³/mol. The fourth-order valence-electron chi connectivity index (χ4n) is 2.05. The minimum atomic E-state index is -0.971. The third kappa shape index (κ3) is 2.82. The molecule has 2 rings (SSSR count). The number of carbonyl (C=O) groups is 1. The average molecular weight is 304 g/mol. The maximum Gasteiger partial charge on any atom is 0.463 e. The zero-order chi connectivity index (χ0) is 16.4. The first-order chi connectivity index (χ1) is 10.3. The molecule has 0 fully saturated rings. The van der Waals surface area contributed by atoms with Gasteiger partial charge in [-0.2, -0.15) is 0 Å². The highest BCUT2D eigenvalue weighted by molar-refractivity contribution is 5.85. The second-order valence-corrected chi connectivity index (χ2v) is 4.71. The summed E-state index contributed by atoms with van der Waals surface area (Å²) in [6.45, 7) is 3.20. The van der Waals surface area contributed by atoms with Crippen LogP contribution >= 0.6 is 0 Å². The Kier molecular flexibility index (Phi) is 3.97. The Morgan fingerprint density at radius 1 is 1.14 bits per heavy atom. The minimum absolute atomic E-state index is 0.0875. The zero-order valence-corrected chi connectivity index (χ0v) is 11.8. The smallest absolute Gasteiger partial charge is 0.358 e. The van der Waals surface area contributed by atoms with E-state index in [-0.39, 0.29) is 12.2 Å². The van der Waals surface area contributed by atoms with E-state index in [1.807, 2.05) is 6.92 Å². The predicted octanol–water partition coefficient (Wildman–Crippen LogP) is 2.20. The molecule has 0 saturated heterocycles. The van der Waals surface area contributed by atoms with Crippen molar-refractivity contribution in [2.45, 2.75) is 20.3 Å². The highest BCUT2D eigenvalue weighted by Gasteiger charge is 2.39. The van der Waals surface area contributed by atoms with Crippen molar-refractivity contribution in [3.63, 3.8) is 0 Å². The van der Waals surface area contributed by atoms with E-state index in [0.717, 1.165) is 5.56 Å². The van der Waals surface area contributed by atoms with Gasteiger partial charge in [0.05, 0.1) is 6.42 Å². The Morgan fingerprint density at radius 3 is 2.23 bits per heavy atom. The molecule has 1 aromatic carbocycles. The summed E-state index contributed by atoms with van der Waals surface area (Å²) in [5, 5.41) is 21.9. The molecule has 0 aliphatic rings. The molecule has 0 N–H and O–H groups in total. The lowest BCUT2D eigenvalue weighted by molar-refractivity contribution is -0.428. The highest BCUT2D eigenvalue weighted by atomic mass is 16.6. The number of rotatable bonds is 4. The Morgan fingerprint density at radius 2 is 1.73 bits per heavy atom. The van der Waals surface area contributed by atoms with E-state index < -0.39 is 27.4 Å². The lowest BCUT2D eigenvalue weighted by Gasteiger charge is -2.01. The van der Waals surface area contributed by atoms with Crippen LogP contribution in [-0.2, 0) is 6.42 Å². The summed E-state index contributed by atoms with van der Waals surface area (Å²) in [5.41, 5.74) is 1.66. The third-order valence-corrected chi connectivity index (χ3v) is 3.07. The first kappa shape index (κ1) is 15.3. The van der Waals surface area contributed by atoms with Crippen molar-refractivity contribution < 1.29 is 14.6 Å². The Balaban J connectivity index is 2.43. The quantitative estimate of drug-likeness (QED) is 0.630. The molecule has 0 aliphatic heterocycles. The van der Waals surface area contributed by atoms with E-state index in [0.29, 0.717) is 10.1 Å². The van der Waals surface area contributed by atoms with Crippen LogP contribution in [0.4, 0.5) is 11.6 Å². The van der Waals surface area contributed by atoms with Crippen LogP contribution in [0.25, 0.3) is 0 Å². The molecule has 0 radical (unpaired) electrons.